The second kappa shape index (κ2) is 8.43. The molecule has 0 spiro atoms. The number of ether oxygens (including phenoxy) is 1. The minimum Gasteiger partial charge on any atom is -0.489 e. The lowest BCUT2D eigenvalue weighted by molar-refractivity contribution is 0.126. The molecule has 0 saturated heterocycles. The lowest BCUT2D eigenvalue weighted by atomic mass is 9.94. The first-order valence-corrected chi connectivity index (χ1v) is 8.68. The highest BCUT2D eigenvalue weighted by atomic mass is 16.5. The molecule has 1 aromatic rings. The summed E-state index contributed by atoms with van der Waals surface area (Å²) in [7, 11) is 0. The molecule has 0 amide bonds. The molecule has 2 nitrogen and oxygen atoms in total. The van der Waals surface area contributed by atoms with Crippen LogP contribution in [0.2, 0.25) is 0 Å². The molecule has 0 radical (unpaired) electrons. The van der Waals surface area contributed by atoms with Gasteiger partial charge in [0, 0.05) is 6.04 Å². The second-order valence-corrected chi connectivity index (χ2v) is 6.41. The third-order valence-electron chi connectivity index (χ3n) is 4.69. The Bertz CT molecular complexity index is 428. The molecule has 0 bridgehead atoms. The number of aryl methyl sites for hydroxylation is 1. The third kappa shape index (κ3) is 4.74. The van der Waals surface area contributed by atoms with Crippen molar-refractivity contribution in [2.45, 2.75) is 77.9 Å². The van der Waals surface area contributed by atoms with Gasteiger partial charge < -0.3 is 10.1 Å². The normalized spacial score (nSPS) is 23.4. The summed E-state index contributed by atoms with van der Waals surface area (Å²) in [4.78, 5) is 0. The van der Waals surface area contributed by atoms with E-state index < -0.39 is 0 Å². The summed E-state index contributed by atoms with van der Waals surface area (Å²) < 4.78 is 6.45. The van der Waals surface area contributed by atoms with E-state index in [1.807, 2.05) is 0 Å². The fourth-order valence-corrected chi connectivity index (χ4v) is 3.17. The first-order chi connectivity index (χ1) is 10.2. The van der Waals surface area contributed by atoms with E-state index in [9.17, 15) is 0 Å². The van der Waals surface area contributed by atoms with Crippen LogP contribution < -0.4 is 10.1 Å². The molecule has 21 heavy (non-hydrogen) atoms. The van der Waals surface area contributed by atoms with Crippen LogP contribution in [-0.4, -0.2) is 18.7 Å². The maximum atomic E-state index is 6.45. The first-order valence-electron chi connectivity index (χ1n) is 8.68. The van der Waals surface area contributed by atoms with Crippen molar-refractivity contribution in [2.24, 2.45) is 0 Å². The fourth-order valence-electron chi connectivity index (χ4n) is 3.17. The predicted molar refractivity (Wildman–Crippen MR) is 90.1 cm³/mol. The highest BCUT2D eigenvalue weighted by molar-refractivity contribution is 5.38. The van der Waals surface area contributed by atoms with E-state index in [1.54, 1.807) is 0 Å². The Kier molecular flexibility index (Phi) is 6.56. The number of nitrogens with one attached hydrogen (secondary N) is 1. The largest absolute Gasteiger partial charge is 0.489 e. The molecule has 2 heteroatoms. The average Bonchev–Trinajstić information content (AvgIpc) is 2.46. The van der Waals surface area contributed by atoms with Gasteiger partial charge in [-0.3, -0.25) is 0 Å². The van der Waals surface area contributed by atoms with Crippen LogP contribution >= 0.6 is 0 Å². The van der Waals surface area contributed by atoms with Crippen LogP contribution in [0.3, 0.4) is 0 Å². The SMILES string of the molecule is CCCNC1CCCCCCC1Oc1cccc(C)c1C. The fraction of sp³-hybridized carbons (Fsp3) is 0.684. The van der Waals surface area contributed by atoms with E-state index in [4.69, 9.17) is 4.74 Å². The molecule has 2 rings (SSSR count). The van der Waals surface area contributed by atoms with Crippen LogP contribution in [0.15, 0.2) is 18.2 Å². The summed E-state index contributed by atoms with van der Waals surface area (Å²) >= 11 is 0. The highest BCUT2D eigenvalue weighted by Gasteiger charge is 2.24. The van der Waals surface area contributed by atoms with Gasteiger partial charge in [0.05, 0.1) is 0 Å². The number of benzene rings is 1. The number of hydrogen-bond acceptors (Lipinski definition) is 2. The zero-order chi connectivity index (χ0) is 15.1. The van der Waals surface area contributed by atoms with Crippen molar-refractivity contribution in [2.75, 3.05) is 6.54 Å². The van der Waals surface area contributed by atoms with Crippen LogP contribution in [0.1, 0.15) is 63.0 Å². The maximum absolute atomic E-state index is 6.45. The van der Waals surface area contributed by atoms with Gasteiger partial charge in [0.1, 0.15) is 11.9 Å². The monoisotopic (exact) mass is 289 g/mol. The summed E-state index contributed by atoms with van der Waals surface area (Å²) in [5, 5.41) is 3.72. The molecule has 1 aliphatic carbocycles. The molecular formula is C19H31NO. The Morgan fingerprint density at radius 1 is 1.10 bits per heavy atom. The number of hydrogen-bond donors (Lipinski definition) is 1. The van der Waals surface area contributed by atoms with E-state index in [1.165, 1.54) is 56.1 Å². The van der Waals surface area contributed by atoms with Crippen LogP contribution in [0.4, 0.5) is 0 Å². The van der Waals surface area contributed by atoms with Crippen LogP contribution in [0.5, 0.6) is 5.75 Å². The van der Waals surface area contributed by atoms with Crippen LogP contribution in [0, 0.1) is 13.8 Å². The Balaban J connectivity index is 2.09. The molecule has 2 unspecified atom stereocenters. The van der Waals surface area contributed by atoms with E-state index in [2.05, 4.69) is 44.3 Å². The van der Waals surface area contributed by atoms with Gasteiger partial charge in [-0.05, 0) is 63.3 Å². The van der Waals surface area contributed by atoms with E-state index in [0.29, 0.717) is 12.1 Å². The zero-order valence-electron chi connectivity index (χ0n) is 14.0. The minimum atomic E-state index is 0.317. The van der Waals surface area contributed by atoms with Gasteiger partial charge in [0.15, 0.2) is 0 Å². The lowest BCUT2D eigenvalue weighted by Gasteiger charge is -2.31. The van der Waals surface area contributed by atoms with E-state index >= 15 is 0 Å². The van der Waals surface area contributed by atoms with E-state index in [-0.39, 0.29) is 0 Å². The van der Waals surface area contributed by atoms with Crippen molar-refractivity contribution in [3.8, 4) is 5.75 Å². The van der Waals surface area contributed by atoms with Gasteiger partial charge in [-0.1, -0.05) is 38.3 Å². The summed E-state index contributed by atoms with van der Waals surface area (Å²) in [6, 6.07) is 6.89. The van der Waals surface area contributed by atoms with Gasteiger partial charge in [-0.15, -0.1) is 0 Å². The predicted octanol–water partition coefficient (Wildman–Crippen LogP) is 4.77. The van der Waals surface area contributed by atoms with E-state index in [0.717, 1.165) is 12.3 Å². The summed E-state index contributed by atoms with van der Waals surface area (Å²) in [5.41, 5.74) is 2.60. The molecule has 0 heterocycles. The quantitative estimate of drug-likeness (QED) is 0.842. The van der Waals surface area contributed by atoms with Crippen LogP contribution in [0.25, 0.3) is 0 Å². The van der Waals surface area contributed by atoms with Crippen molar-refractivity contribution in [1.29, 1.82) is 0 Å². The van der Waals surface area contributed by atoms with Crippen LogP contribution in [-0.2, 0) is 0 Å². The summed E-state index contributed by atoms with van der Waals surface area (Å²) in [6.07, 6.45) is 9.27. The Morgan fingerprint density at radius 2 is 1.86 bits per heavy atom. The van der Waals surface area contributed by atoms with Crippen molar-refractivity contribution in [1.82, 2.24) is 5.32 Å². The van der Waals surface area contributed by atoms with Gasteiger partial charge >= 0.3 is 0 Å². The van der Waals surface area contributed by atoms with Crippen molar-refractivity contribution >= 4 is 0 Å². The molecule has 1 aliphatic rings. The van der Waals surface area contributed by atoms with Crippen molar-refractivity contribution in [3.63, 3.8) is 0 Å². The van der Waals surface area contributed by atoms with Gasteiger partial charge in [-0.2, -0.15) is 0 Å². The topological polar surface area (TPSA) is 21.3 Å². The Morgan fingerprint density at radius 3 is 2.62 bits per heavy atom. The summed E-state index contributed by atoms with van der Waals surface area (Å²) in [5.74, 6) is 1.07. The molecule has 1 N–H and O–H groups in total. The smallest absolute Gasteiger partial charge is 0.122 e. The highest BCUT2D eigenvalue weighted by Crippen LogP contribution is 2.26. The molecule has 2 atom stereocenters. The van der Waals surface area contributed by atoms with Crippen molar-refractivity contribution < 1.29 is 4.74 Å². The molecule has 1 aromatic carbocycles. The Hall–Kier alpha value is -1.02. The van der Waals surface area contributed by atoms with Gasteiger partial charge in [-0.25, -0.2) is 0 Å². The minimum absolute atomic E-state index is 0.317. The standard InChI is InChI=1S/C19H31NO/c1-4-14-20-17-11-7-5-6-8-12-19(17)21-18-13-9-10-15(2)16(18)3/h9-10,13,17,19-20H,4-8,11-12,14H2,1-3H3. The molecule has 1 fully saturated rings. The number of rotatable bonds is 5. The zero-order valence-corrected chi connectivity index (χ0v) is 14.0. The Labute approximate surface area is 130 Å². The first kappa shape index (κ1) is 16.4. The third-order valence-corrected chi connectivity index (χ3v) is 4.69. The average molecular weight is 289 g/mol. The summed E-state index contributed by atoms with van der Waals surface area (Å²) in [6.45, 7) is 7.66. The molecular weight excluding hydrogens is 258 g/mol. The second-order valence-electron chi connectivity index (χ2n) is 6.41. The molecule has 118 valence electrons. The van der Waals surface area contributed by atoms with Crippen molar-refractivity contribution in [3.05, 3.63) is 29.3 Å². The molecule has 0 aromatic heterocycles. The van der Waals surface area contributed by atoms with Gasteiger partial charge in [0.25, 0.3) is 0 Å². The molecule has 0 aliphatic heterocycles. The lowest BCUT2D eigenvalue weighted by Crippen LogP contribution is -2.44. The van der Waals surface area contributed by atoms with Gasteiger partial charge in [0.2, 0.25) is 0 Å². The molecule has 1 saturated carbocycles. The maximum Gasteiger partial charge on any atom is 0.122 e.